The number of primary amides is 1. The number of nitrogens with zero attached hydrogens (tertiary/aromatic N) is 1. The third kappa shape index (κ3) is 36.2. The number of aliphatic carboxylic acids is 2. The van der Waals surface area contributed by atoms with Crippen LogP contribution >= 0.6 is 12.6 Å². The number of imidazole rings is 1. The summed E-state index contributed by atoms with van der Waals surface area (Å²) in [6.07, 6.45) is -1.17. The Hall–Kier alpha value is -14.2. The molecule has 0 saturated heterocycles. The van der Waals surface area contributed by atoms with Gasteiger partial charge >= 0.3 is 11.9 Å². The second-order valence-corrected chi connectivity index (χ2v) is 29.1. The van der Waals surface area contributed by atoms with Crippen molar-refractivity contribution < 1.29 is 121 Å². The number of H-pyrrole nitrogens is 2. The molecule has 125 heavy (non-hydrogen) atoms. The average Bonchev–Trinajstić information content (AvgIpc) is 1.73. The number of aliphatic hydroxyl groups excluding tert-OH is 2. The van der Waals surface area contributed by atoms with E-state index in [1.165, 1.54) is 38.5 Å². The van der Waals surface area contributed by atoms with E-state index < -0.39 is 273 Å². The van der Waals surface area contributed by atoms with Crippen LogP contribution < -0.4 is 107 Å². The Labute approximate surface area is 718 Å². The lowest BCUT2D eigenvalue weighted by Gasteiger charge is -2.26. The maximum atomic E-state index is 14.1. The van der Waals surface area contributed by atoms with Crippen LogP contribution in [0.3, 0.4) is 0 Å². The largest absolute Gasteiger partial charge is 0.481 e. The van der Waals surface area contributed by atoms with E-state index in [9.17, 15) is 121 Å². The Morgan fingerprint density at radius 2 is 0.912 bits per heavy atom. The van der Waals surface area contributed by atoms with Crippen molar-refractivity contribution in [3.05, 3.63) is 90.1 Å². The number of carbonyl (C=O) groups is 21. The number of ketones is 1. The number of guanidine groups is 1. The minimum absolute atomic E-state index is 0.00918. The number of rotatable bonds is 53. The summed E-state index contributed by atoms with van der Waals surface area (Å²) in [5.74, 6) is -24.3. The van der Waals surface area contributed by atoms with Crippen molar-refractivity contribution in [2.24, 2.45) is 17.4 Å². The number of para-hydroxylation sites is 1. The topological polar surface area (TPSA) is 776 Å². The number of fused-ring (bicyclic) bond motifs is 1. The summed E-state index contributed by atoms with van der Waals surface area (Å²) in [5.41, 5.74) is 12.5. The van der Waals surface area contributed by atoms with Crippen molar-refractivity contribution in [1.82, 2.24) is 111 Å². The first-order chi connectivity index (χ1) is 58.9. The molecule has 29 N–H and O–H groups in total. The van der Waals surface area contributed by atoms with E-state index in [0.717, 1.165) is 20.8 Å². The Morgan fingerprint density at radius 1 is 0.456 bits per heavy atom. The monoisotopic (exact) mass is 1770 g/mol. The van der Waals surface area contributed by atoms with Crippen molar-refractivity contribution in [2.45, 2.75) is 178 Å². The fourth-order valence-electron chi connectivity index (χ4n) is 11.5. The third-order valence-corrected chi connectivity index (χ3v) is 18.5. The predicted molar refractivity (Wildman–Crippen MR) is 440 cm³/mol. The van der Waals surface area contributed by atoms with Crippen molar-refractivity contribution in [2.75, 3.05) is 45.1 Å². The molecular formula is C75H106N24O25S. The predicted octanol–water partition coefficient (Wildman–Crippen LogP) is -10.5. The number of aliphatic hydroxyl groups is 2. The van der Waals surface area contributed by atoms with Gasteiger partial charge < -0.3 is 138 Å². The zero-order valence-electron chi connectivity index (χ0n) is 68.9. The highest BCUT2D eigenvalue weighted by Crippen LogP contribution is 2.20. The maximum Gasteiger partial charge on any atom is 0.305 e. The van der Waals surface area contributed by atoms with Crippen molar-refractivity contribution in [1.29, 1.82) is 5.41 Å². The number of nitrogens with two attached hydrogens (primary N) is 2. The number of carboxylic acid groups (broad SMARTS) is 2. The molecule has 682 valence electrons. The number of aromatic amines is 2. The van der Waals surface area contributed by atoms with Crippen LogP contribution in [0.2, 0.25) is 0 Å². The lowest BCUT2D eigenvalue weighted by Crippen LogP contribution is -2.61. The Bertz CT molecular complexity index is 4550. The second kappa shape index (κ2) is 51.5. The van der Waals surface area contributed by atoms with Gasteiger partial charge in [-0.25, -0.2) is 4.98 Å². The number of Topliss-reactive ketones (excluding diaryl/α,β-unsaturated/α-hetero) is 1. The van der Waals surface area contributed by atoms with Gasteiger partial charge in [0, 0.05) is 60.9 Å². The molecule has 14 atom stereocenters. The summed E-state index contributed by atoms with van der Waals surface area (Å²) in [4.78, 5) is 286. The first kappa shape index (κ1) is 103. The number of benzene rings is 2. The maximum absolute atomic E-state index is 14.1. The van der Waals surface area contributed by atoms with Gasteiger partial charge in [-0.3, -0.25) is 106 Å². The lowest BCUT2D eigenvalue weighted by atomic mass is 9.94. The highest BCUT2D eigenvalue weighted by atomic mass is 32.1. The van der Waals surface area contributed by atoms with Crippen LogP contribution in [0.5, 0.6) is 0 Å². The summed E-state index contributed by atoms with van der Waals surface area (Å²) in [5, 5.41) is 89.1. The van der Waals surface area contributed by atoms with E-state index in [1.54, 1.807) is 62.5 Å². The molecule has 0 bridgehead atoms. The standard InChI is InChI=1S/C75H106N24O25S/c1-34(2)60(62(112)40-14-9-8-10-15-40)98-71(121)50(24-59(110)111)92-56(106)29-84-66(116)45(18-13-19-80-75(77)78)93-65(115)37(5)89-68(118)49(23-58(108)109)91-57(107)30-85-74(124)61(38(6)101)99-70(120)48(22-53(76)103)96-72(122)51(31-100)97-64(114)36(4)87-55(105)28-82-54(104)27-83-63(113)35(3)88-67(117)46(20-41-25-81-44-17-12-11-16-43(41)44)94-69(119)47(21-42-26-79-33-86-42)95-73(123)52(32-125)90-39(7)102/h8-12,14-17,25-26,33-38,45-52,60-61,81,100-101,125H,13,18-24,27-32H2,1-7H3,(H2,76,103)(H,79,86)(H,82,104)(H,83,113)(H,84,116)(H,85,124)(H,87,105)(H,88,117)(H,89,118)(H,90,102)(H,91,107)(H,92,106)(H,93,115)(H,94,119)(H,95,123)(H,96,122)(H,97,114)(H,98,121)(H,99,120)(H,108,109)(H,110,111)(H4,77,78,80)/t35-,36-,37-,38+,45-,46-,47-,48-,49-,50-,51-,52-,60-,61-/m0/s1. The SMILES string of the molecule is CC(=O)N[C@@H](CS)C(=O)N[C@@H](Cc1c[nH]cn1)C(=O)N[C@@H](Cc1c[nH]c2ccccc12)C(=O)N[C@@H](C)C(=O)NCC(=O)NCC(=O)N[C@@H](C)C(=O)N[C@@H](CO)C(=O)N[C@@H](CC(N)=O)C(=O)N[C@H](C(=O)NCC(=O)N[C@@H](CC(=O)O)C(=O)N[C@@H](C)C(=O)N[C@@H](CCCNC(=N)N)C(=O)NCC(=O)N[C@@H](CC(=O)O)C(=O)N[C@H](C(=O)c1ccccc1)C(C)C)[C@@H](C)O. The first-order valence-corrected chi connectivity index (χ1v) is 39.3. The van der Waals surface area contributed by atoms with Crippen molar-refractivity contribution in [3.63, 3.8) is 0 Å². The normalized spacial score (nSPS) is 14.3. The van der Waals surface area contributed by atoms with Crippen LogP contribution in [-0.4, -0.2) is 295 Å². The molecule has 18 amide bonds. The molecule has 0 radical (unpaired) electrons. The van der Waals surface area contributed by atoms with E-state index in [2.05, 4.69) is 102 Å². The fraction of sp³-hybridized carbons (Fsp3) is 0.480. The van der Waals surface area contributed by atoms with Crippen LogP contribution in [-0.2, 0) is 109 Å². The number of hydrogen-bond acceptors (Lipinski definition) is 26. The third-order valence-electron chi connectivity index (χ3n) is 18.1. The molecular weight excluding hydrogens is 1670 g/mol. The molecule has 0 aliphatic rings. The summed E-state index contributed by atoms with van der Waals surface area (Å²) in [7, 11) is 0. The van der Waals surface area contributed by atoms with E-state index >= 15 is 0 Å². The van der Waals surface area contributed by atoms with E-state index in [4.69, 9.17) is 16.9 Å². The zero-order chi connectivity index (χ0) is 93.5. The minimum atomic E-state index is -2.05. The van der Waals surface area contributed by atoms with Crippen molar-refractivity contribution in [3.8, 4) is 0 Å². The smallest absolute Gasteiger partial charge is 0.305 e. The number of aromatic nitrogens is 3. The second-order valence-electron chi connectivity index (χ2n) is 28.7. The van der Waals surface area contributed by atoms with Gasteiger partial charge in [0.2, 0.25) is 106 Å². The van der Waals surface area contributed by atoms with Crippen LogP contribution in [0.4, 0.5) is 0 Å². The van der Waals surface area contributed by atoms with Crippen LogP contribution in [0.25, 0.3) is 10.9 Å². The molecule has 49 nitrogen and oxygen atoms in total. The fourth-order valence-corrected chi connectivity index (χ4v) is 11.8. The van der Waals surface area contributed by atoms with E-state index in [-0.39, 0.29) is 43.5 Å². The van der Waals surface area contributed by atoms with Gasteiger partial charge in [-0.1, -0.05) is 62.4 Å². The van der Waals surface area contributed by atoms with Crippen LogP contribution in [0.15, 0.2) is 73.3 Å². The van der Waals surface area contributed by atoms with E-state index in [1.807, 2.05) is 21.3 Å². The number of carboxylic acids is 2. The number of thiol groups is 1. The van der Waals surface area contributed by atoms with Gasteiger partial charge in [-0.2, -0.15) is 12.6 Å². The molecule has 0 saturated carbocycles. The van der Waals surface area contributed by atoms with Gasteiger partial charge in [0.05, 0.1) is 76.2 Å². The van der Waals surface area contributed by atoms with Crippen LogP contribution in [0, 0.1) is 11.3 Å². The summed E-state index contributed by atoms with van der Waals surface area (Å²) < 4.78 is 0. The summed E-state index contributed by atoms with van der Waals surface area (Å²) in [6.45, 7) is 3.93. The van der Waals surface area contributed by atoms with Crippen molar-refractivity contribution >= 4 is 154 Å². The molecule has 50 heteroatoms. The van der Waals surface area contributed by atoms with Gasteiger partial charge in [0.15, 0.2) is 11.7 Å². The van der Waals surface area contributed by atoms with Crippen LogP contribution in [0.1, 0.15) is 102 Å². The Kier molecular flexibility index (Phi) is 42.5. The van der Waals surface area contributed by atoms with Gasteiger partial charge in [-0.15, -0.1) is 0 Å². The average molecular weight is 1780 g/mol. The number of nitrogens with one attached hydrogen (secondary N) is 21. The van der Waals surface area contributed by atoms with Gasteiger partial charge in [0.1, 0.15) is 72.5 Å². The highest BCUT2D eigenvalue weighted by molar-refractivity contribution is 7.80. The molecule has 0 fully saturated rings. The number of amides is 18. The number of carbonyl (C=O) groups excluding carboxylic acids is 19. The zero-order valence-corrected chi connectivity index (χ0v) is 69.8. The molecule has 2 aromatic heterocycles. The molecule has 0 aliphatic heterocycles. The van der Waals surface area contributed by atoms with Gasteiger partial charge in [0.25, 0.3) is 0 Å². The lowest BCUT2D eigenvalue weighted by molar-refractivity contribution is -0.141. The molecule has 4 rings (SSSR count). The first-order valence-electron chi connectivity index (χ1n) is 38.7. The Balaban J connectivity index is 1.30. The molecule has 0 aliphatic carbocycles. The summed E-state index contributed by atoms with van der Waals surface area (Å²) >= 11 is 4.14. The molecule has 2 aromatic carbocycles. The quantitative estimate of drug-likeness (QED) is 0.00642. The molecule has 2 heterocycles. The van der Waals surface area contributed by atoms with E-state index in [0.29, 0.717) is 22.2 Å². The highest BCUT2D eigenvalue weighted by Gasteiger charge is 2.38. The molecule has 0 unspecified atom stereocenters. The Morgan fingerprint density at radius 3 is 1.45 bits per heavy atom. The van der Waals surface area contributed by atoms with Gasteiger partial charge in [-0.05, 0) is 58.1 Å². The molecule has 0 spiro atoms. The number of hydrogen-bond donors (Lipinski definition) is 28. The minimum Gasteiger partial charge on any atom is -0.481 e. The molecule has 4 aromatic rings. The summed E-state index contributed by atoms with van der Waals surface area (Å²) in [6, 6.07) is -6.17.